The Balaban J connectivity index is 1.56. The lowest BCUT2D eigenvalue weighted by Crippen LogP contribution is -2.38. The normalized spacial score (nSPS) is 11.4. The van der Waals surface area contributed by atoms with Crippen LogP contribution in [0, 0.1) is 6.92 Å². The second-order valence-corrected chi connectivity index (χ2v) is 13.1. The maximum Gasteiger partial charge on any atom is 0.264 e. The molecule has 0 unspecified atom stereocenters. The van der Waals surface area contributed by atoms with Gasteiger partial charge in [0.15, 0.2) is 0 Å². The van der Waals surface area contributed by atoms with Gasteiger partial charge in [-0.15, -0.1) is 0 Å². The van der Waals surface area contributed by atoms with E-state index in [9.17, 15) is 21.6 Å². The number of sulfonamides is 2. The molecule has 0 radical (unpaired) electrons. The summed E-state index contributed by atoms with van der Waals surface area (Å²) in [5.41, 5.74) is 2.56. The molecular weight excluding hydrogens is 590 g/mol. The van der Waals surface area contributed by atoms with E-state index in [2.05, 4.69) is 10.0 Å². The minimum absolute atomic E-state index is 0.0594. The Morgan fingerprint density at radius 3 is 2.09 bits per heavy atom. The van der Waals surface area contributed by atoms with Gasteiger partial charge in [-0.1, -0.05) is 42.8 Å². The molecule has 4 aromatic carbocycles. The highest BCUT2D eigenvalue weighted by molar-refractivity contribution is 7.93. The van der Waals surface area contributed by atoms with E-state index in [-0.39, 0.29) is 15.5 Å². The van der Waals surface area contributed by atoms with Crippen LogP contribution in [0.2, 0.25) is 0 Å². The molecule has 0 heterocycles. The molecule has 4 rings (SSSR count). The maximum atomic E-state index is 13.7. The van der Waals surface area contributed by atoms with E-state index in [1.54, 1.807) is 36.4 Å². The topological polar surface area (TPSA) is 131 Å². The minimum Gasteiger partial charge on any atom is -0.497 e. The number of ether oxygens (including phenoxy) is 2. The van der Waals surface area contributed by atoms with Gasteiger partial charge in [-0.05, 0) is 73.5 Å². The van der Waals surface area contributed by atoms with E-state index >= 15 is 0 Å². The van der Waals surface area contributed by atoms with Crippen LogP contribution in [0.25, 0.3) is 0 Å². The van der Waals surface area contributed by atoms with Gasteiger partial charge in [0.05, 0.1) is 35.4 Å². The van der Waals surface area contributed by atoms with E-state index in [0.29, 0.717) is 29.3 Å². The van der Waals surface area contributed by atoms with Gasteiger partial charge < -0.3 is 14.8 Å². The molecule has 0 spiro atoms. The molecule has 0 fully saturated rings. The second-order valence-electron chi connectivity index (χ2n) is 9.55. The van der Waals surface area contributed by atoms with Crippen LogP contribution in [0.1, 0.15) is 18.1 Å². The predicted molar refractivity (Wildman–Crippen MR) is 167 cm³/mol. The average Bonchev–Trinajstić information content (AvgIpc) is 3.00. The number of carbonyl (C=O) groups is 1. The molecule has 2 N–H and O–H groups in total. The monoisotopic (exact) mass is 623 g/mol. The van der Waals surface area contributed by atoms with Crippen LogP contribution in [-0.4, -0.2) is 43.5 Å². The van der Waals surface area contributed by atoms with Crippen LogP contribution < -0.4 is 23.8 Å². The Hall–Kier alpha value is -4.55. The van der Waals surface area contributed by atoms with Gasteiger partial charge in [0.2, 0.25) is 5.91 Å². The summed E-state index contributed by atoms with van der Waals surface area (Å²) >= 11 is 0. The smallest absolute Gasteiger partial charge is 0.264 e. The van der Waals surface area contributed by atoms with Crippen molar-refractivity contribution >= 4 is 43.0 Å². The summed E-state index contributed by atoms with van der Waals surface area (Å²) < 4.78 is 67.6. The summed E-state index contributed by atoms with van der Waals surface area (Å²) in [6, 6.07) is 23.7. The van der Waals surface area contributed by atoms with E-state index < -0.39 is 32.5 Å². The van der Waals surface area contributed by atoms with Crippen LogP contribution in [0.15, 0.2) is 101 Å². The zero-order valence-corrected chi connectivity index (χ0v) is 25.8. The average molecular weight is 624 g/mol. The first-order valence-corrected chi connectivity index (χ1v) is 16.2. The summed E-state index contributed by atoms with van der Waals surface area (Å²) in [7, 11) is -5.22. The largest absolute Gasteiger partial charge is 0.497 e. The fourth-order valence-electron chi connectivity index (χ4n) is 4.34. The number of carbonyl (C=O) groups excluding carboxylic acids is 1. The zero-order valence-electron chi connectivity index (χ0n) is 24.2. The lowest BCUT2D eigenvalue weighted by atomic mass is 10.1. The van der Waals surface area contributed by atoms with Crippen LogP contribution >= 0.6 is 0 Å². The summed E-state index contributed by atoms with van der Waals surface area (Å²) in [5.74, 6) is 0.149. The molecule has 4 aromatic rings. The Labute approximate surface area is 252 Å². The number of methoxy groups -OCH3 is 2. The number of hydrogen-bond acceptors (Lipinski definition) is 7. The highest BCUT2D eigenvalue weighted by Gasteiger charge is 2.28. The van der Waals surface area contributed by atoms with Gasteiger partial charge in [0, 0.05) is 11.8 Å². The summed E-state index contributed by atoms with van der Waals surface area (Å²) in [4.78, 5) is 13.2. The van der Waals surface area contributed by atoms with Gasteiger partial charge in [-0.2, -0.15) is 0 Å². The Morgan fingerprint density at radius 1 is 0.814 bits per heavy atom. The predicted octanol–water partition coefficient (Wildman–Crippen LogP) is 5.21. The maximum absolute atomic E-state index is 13.7. The first kappa shape index (κ1) is 31.4. The standard InChI is InChI=1S/C31H33N3O7S2/c1-5-23-8-6-7-9-29(23)34(43(38,39)27-15-10-22(2)11-16-27)21-31(35)32-24-12-17-26(18-13-24)42(36,37)33-28-20-25(40-3)14-19-30(28)41-4/h6-20,33H,5,21H2,1-4H3,(H,32,35). The van der Waals surface area contributed by atoms with Crippen molar-refractivity contribution in [2.24, 2.45) is 0 Å². The van der Waals surface area contributed by atoms with Crippen LogP contribution in [0.4, 0.5) is 17.1 Å². The van der Waals surface area contributed by atoms with Crippen LogP contribution in [-0.2, 0) is 31.3 Å². The number of hydrogen-bond donors (Lipinski definition) is 2. The summed E-state index contributed by atoms with van der Waals surface area (Å²) in [6.07, 6.45) is 0.559. The molecule has 10 nitrogen and oxygen atoms in total. The van der Waals surface area contributed by atoms with Crippen LogP contribution in [0.5, 0.6) is 11.5 Å². The van der Waals surface area contributed by atoms with E-state index in [4.69, 9.17) is 9.47 Å². The number of amides is 1. The highest BCUT2D eigenvalue weighted by atomic mass is 32.2. The first-order valence-electron chi connectivity index (χ1n) is 13.3. The van der Waals surface area contributed by atoms with Gasteiger partial charge in [0.1, 0.15) is 18.0 Å². The van der Waals surface area contributed by atoms with Crippen LogP contribution in [0.3, 0.4) is 0 Å². The molecule has 0 atom stereocenters. The fraction of sp³-hybridized carbons (Fsp3) is 0.194. The van der Waals surface area contributed by atoms with Gasteiger partial charge in [-0.25, -0.2) is 16.8 Å². The van der Waals surface area contributed by atoms with Crippen molar-refractivity contribution < 1.29 is 31.1 Å². The molecule has 0 saturated carbocycles. The highest BCUT2D eigenvalue weighted by Crippen LogP contribution is 2.31. The van der Waals surface area contributed by atoms with Crippen molar-refractivity contribution in [3.63, 3.8) is 0 Å². The number of aryl methyl sites for hydroxylation is 2. The zero-order chi connectivity index (χ0) is 31.2. The third kappa shape index (κ3) is 7.27. The molecule has 0 aliphatic carbocycles. The molecule has 0 bridgehead atoms. The quantitative estimate of drug-likeness (QED) is 0.222. The number of anilines is 3. The number of para-hydroxylation sites is 1. The van der Waals surface area contributed by atoms with Crippen molar-refractivity contribution in [1.29, 1.82) is 0 Å². The molecule has 226 valence electrons. The minimum atomic E-state index is -4.09. The molecular formula is C31H33N3O7S2. The Bertz CT molecular complexity index is 1810. The SMILES string of the molecule is CCc1ccccc1N(CC(=O)Nc1ccc(S(=O)(=O)Nc2cc(OC)ccc2OC)cc1)S(=O)(=O)c1ccc(C)cc1. The lowest BCUT2D eigenvalue weighted by Gasteiger charge is -2.26. The Morgan fingerprint density at radius 2 is 1.47 bits per heavy atom. The van der Waals surface area contributed by atoms with E-state index in [1.165, 1.54) is 56.7 Å². The molecule has 12 heteroatoms. The Kier molecular flexibility index (Phi) is 9.62. The number of nitrogens with one attached hydrogen (secondary N) is 2. The molecule has 0 aliphatic heterocycles. The second kappa shape index (κ2) is 13.2. The molecule has 43 heavy (non-hydrogen) atoms. The molecule has 0 saturated heterocycles. The van der Waals surface area contributed by atoms with E-state index in [0.717, 1.165) is 15.4 Å². The summed E-state index contributed by atoms with van der Waals surface area (Å²) in [6.45, 7) is 3.27. The van der Waals surface area contributed by atoms with Crippen molar-refractivity contribution in [3.05, 3.63) is 102 Å². The molecule has 0 aromatic heterocycles. The van der Waals surface area contributed by atoms with Gasteiger partial charge in [-0.3, -0.25) is 13.8 Å². The lowest BCUT2D eigenvalue weighted by molar-refractivity contribution is -0.114. The number of nitrogens with zero attached hydrogens (tertiary/aromatic N) is 1. The number of benzene rings is 4. The van der Waals surface area contributed by atoms with Gasteiger partial charge in [0.25, 0.3) is 20.0 Å². The summed E-state index contributed by atoms with van der Waals surface area (Å²) in [5, 5.41) is 2.68. The van der Waals surface area contributed by atoms with Crippen molar-refractivity contribution in [3.8, 4) is 11.5 Å². The number of rotatable bonds is 12. The molecule has 1 amide bonds. The van der Waals surface area contributed by atoms with Gasteiger partial charge >= 0.3 is 0 Å². The van der Waals surface area contributed by atoms with Crippen molar-refractivity contribution in [1.82, 2.24) is 0 Å². The third-order valence-electron chi connectivity index (χ3n) is 6.64. The molecule has 0 aliphatic rings. The first-order chi connectivity index (χ1) is 20.5. The van der Waals surface area contributed by atoms with E-state index in [1.807, 2.05) is 26.0 Å². The van der Waals surface area contributed by atoms with Crippen molar-refractivity contribution in [2.75, 3.05) is 35.1 Å². The fourth-order valence-corrected chi connectivity index (χ4v) is 6.86. The van der Waals surface area contributed by atoms with Crippen molar-refractivity contribution in [2.45, 2.75) is 30.1 Å². The third-order valence-corrected chi connectivity index (χ3v) is 9.79.